The summed E-state index contributed by atoms with van der Waals surface area (Å²) in [4.78, 5) is 4.24. The molecule has 2 nitrogen and oxygen atoms in total. The third kappa shape index (κ3) is 3.17. The predicted molar refractivity (Wildman–Crippen MR) is 67.1 cm³/mol. The number of hydrogen-bond donors (Lipinski definition) is 0. The van der Waals surface area contributed by atoms with Gasteiger partial charge in [-0.25, -0.2) is 13.8 Å². The summed E-state index contributed by atoms with van der Waals surface area (Å²) in [5.74, 6) is -0.865. The molecule has 0 fully saturated rings. The molecule has 0 aliphatic heterocycles. The molecule has 0 radical (unpaired) electrons. The maximum atomic E-state index is 13.0. The van der Waals surface area contributed by atoms with E-state index in [-0.39, 0.29) is 11.9 Å². The fourth-order valence-corrected chi connectivity index (χ4v) is 2.45. The Hall–Kier alpha value is -1.20. The third-order valence-corrected chi connectivity index (χ3v) is 3.53. The molecule has 0 aliphatic carbocycles. The van der Waals surface area contributed by atoms with Crippen molar-refractivity contribution in [1.29, 1.82) is 0 Å². The van der Waals surface area contributed by atoms with Crippen molar-refractivity contribution in [3.63, 3.8) is 0 Å². The van der Waals surface area contributed by atoms with Crippen LogP contribution in [0.2, 0.25) is 0 Å². The van der Waals surface area contributed by atoms with Gasteiger partial charge in [-0.3, -0.25) is 0 Å². The Morgan fingerprint density at radius 2 is 2.00 bits per heavy atom. The van der Waals surface area contributed by atoms with E-state index in [1.54, 1.807) is 6.92 Å². The van der Waals surface area contributed by atoms with Crippen molar-refractivity contribution in [3.05, 3.63) is 45.9 Å². The molecule has 0 spiro atoms. The second kappa shape index (κ2) is 5.63. The van der Waals surface area contributed by atoms with Crippen LogP contribution in [0.4, 0.5) is 8.78 Å². The molecule has 0 aliphatic rings. The SMILES string of the molecule is CC(Oc1cc(F)cc(F)c1)c1nc(CCl)cs1. The largest absolute Gasteiger partial charge is 0.483 e. The number of hydrogen-bond acceptors (Lipinski definition) is 3. The Balaban J connectivity index is 2.12. The number of aromatic nitrogens is 1. The first kappa shape index (κ1) is 13.2. The van der Waals surface area contributed by atoms with Gasteiger partial charge >= 0.3 is 0 Å². The molecule has 2 rings (SSSR count). The van der Waals surface area contributed by atoms with Crippen LogP contribution in [-0.2, 0) is 5.88 Å². The van der Waals surface area contributed by atoms with Crippen LogP contribution in [0.1, 0.15) is 23.7 Å². The summed E-state index contributed by atoms with van der Waals surface area (Å²) in [6, 6.07) is 3.07. The normalized spacial score (nSPS) is 12.4. The summed E-state index contributed by atoms with van der Waals surface area (Å²) in [7, 11) is 0. The molecule has 1 heterocycles. The van der Waals surface area contributed by atoms with E-state index in [1.807, 2.05) is 5.38 Å². The van der Waals surface area contributed by atoms with E-state index in [4.69, 9.17) is 16.3 Å². The van der Waals surface area contributed by atoms with E-state index in [2.05, 4.69) is 4.98 Å². The summed E-state index contributed by atoms with van der Waals surface area (Å²) in [6.07, 6.45) is -0.381. The number of alkyl halides is 1. The van der Waals surface area contributed by atoms with Crippen LogP contribution in [-0.4, -0.2) is 4.98 Å². The number of nitrogens with zero attached hydrogens (tertiary/aromatic N) is 1. The molecule has 0 saturated carbocycles. The quantitative estimate of drug-likeness (QED) is 0.783. The van der Waals surface area contributed by atoms with Crippen LogP contribution in [0.3, 0.4) is 0 Å². The number of ether oxygens (including phenoxy) is 1. The molecule has 6 heteroatoms. The molecule has 0 N–H and O–H groups in total. The fourth-order valence-electron chi connectivity index (χ4n) is 1.42. The van der Waals surface area contributed by atoms with Gasteiger partial charge in [0.1, 0.15) is 28.5 Å². The molecule has 96 valence electrons. The molecule has 1 atom stereocenters. The zero-order chi connectivity index (χ0) is 13.1. The van der Waals surface area contributed by atoms with Crippen LogP contribution in [0.15, 0.2) is 23.6 Å². The first-order chi connectivity index (χ1) is 8.58. The maximum Gasteiger partial charge on any atom is 0.147 e. The monoisotopic (exact) mass is 289 g/mol. The smallest absolute Gasteiger partial charge is 0.147 e. The summed E-state index contributed by atoms with van der Waals surface area (Å²) in [5, 5.41) is 2.55. The van der Waals surface area contributed by atoms with Gasteiger partial charge in [0.25, 0.3) is 0 Å². The molecule has 1 aromatic heterocycles. The van der Waals surface area contributed by atoms with E-state index < -0.39 is 11.6 Å². The van der Waals surface area contributed by atoms with Crippen LogP contribution in [0.25, 0.3) is 0 Å². The van der Waals surface area contributed by atoms with E-state index in [1.165, 1.54) is 11.3 Å². The summed E-state index contributed by atoms with van der Waals surface area (Å²) < 4.78 is 31.4. The van der Waals surface area contributed by atoms with E-state index in [0.717, 1.165) is 28.9 Å². The van der Waals surface area contributed by atoms with Gasteiger partial charge < -0.3 is 4.74 Å². The second-order valence-electron chi connectivity index (χ2n) is 3.68. The molecule has 0 amide bonds. The number of benzene rings is 1. The Kier molecular flexibility index (Phi) is 4.14. The maximum absolute atomic E-state index is 13.0. The van der Waals surface area contributed by atoms with Crippen molar-refractivity contribution < 1.29 is 13.5 Å². The standard InChI is InChI=1S/C12H10ClF2NOS/c1-7(12-16-10(5-13)6-18-12)17-11-3-8(14)2-9(15)4-11/h2-4,6-7H,5H2,1H3. The lowest BCUT2D eigenvalue weighted by atomic mass is 10.3. The van der Waals surface area contributed by atoms with E-state index >= 15 is 0 Å². The number of thiazole rings is 1. The number of halogens is 3. The van der Waals surface area contributed by atoms with Gasteiger partial charge in [-0.15, -0.1) is 22.9 Å². The van der Waals surface area contributed by atoms with Crippen molar-refractivity contribution in [2.24, 2.45) is 0 Å². The highest BCUT2D eigenvalue weighted by Crippen LogP contribution is 2.25. The minimum Gasteiger partial charge on any atom is -0.483 e. The van der Waals surface area contributed by atoms with Crippen LogP contribution < -0.4 is 4.74 Å². The Morgan fingerprint density at radius 3 is 2.56 bits per heavy atom. The Bertz CT molecular complexity index is 526. The highest BCUT2D eigenvalue weighted by Gasteiger charge is 2.13. The molecule has 1 unspecified atom stereocenters. The lowest BCUT2D eigenvalue weighted by Gasteiger charge is -2.12. The first-order valence-electron chi connectivity index (χ1n) is 5.21. The minimum absolute atomic E-state index is 0.141. The fraction of sp³-hybridized carbons (Fsp3) is 0.250. The molecular formula is C12H10ClF2NOS. The first-order valence-corrected chi connectivity index (χ1v) is 6.63. The zero-order valence-corrected chi connectivity index (χ0v) is 11.1. The predicted octanol–water partition coefficient (Wildman–Crippen LogP) is 4.30. The van der Waals surface area contributed by atoms with Crippen LogP contribution in [0, 0.1) is 11.6 Å². The lowest BCUT2D eigenvalue weighted by Crippen LogP contribution is -2.03. The van der Waals surface area contributed by atoms with Crippen molar-refractivity contribution in [1.82, 2.24) is 4.98 Å². The van der Waals surface area contributed by atoms with Gasteiger partial charge in [-0.1, -0.05) is 0 Å². The molecule has 1 aromatic carbocycles. The van der Waals surface area contributed by atoms with Gasteiger partial charge in [-0.05, 0) is 6.92 Å². The van der Waals surface area contributed by atoms with Crippen molar-refractivity contribution in [2.45, 2.75) is 18.9 Å². The van der Waals surface area contributed by atoms with Crippen LogP contribution in [0.5, 0.6) is 5.75 Å². The van der Waals surface area contributed by atoms with Gasteiger partial charge in [0.2, 0.25) is 0 Å². The summed E-state index contributed by atoms with van der Waals surface area (Å²) >= 11 is 7.05. The average Bonchev–Trinajstić information content (AvgIpc) is 2.75. The molecule has 2 aromatic rings. The van der Waals surface area contributed by atoms with Crippen LogP contribution >= 0.6 is 22.9 Å². The molecular weight excluding hydrogens is 280 g/mol. The molecule has 0 saturated heterocycles. The number of rotatable bonds is 4. The Morgan fingerprint density at radius 1 is 1.33 bits per heavy atom. The summed E-state index contributed by atoms with van der Waals surface area (Å²) in [5.41, 5.74) is 0.762. The van der Waals surface area contributed by atoms with Crippen molar-refractivity contribution in [2.75, 3.05) is 0 Å². The third-order valence-electron chi connectivity index (χ3n) is 2.20. The molecule has 0 bridgehead atoms. The highest BCUT2D eigenvalue weighted by atomic mass is 35.5. The molecule has 18 heavy (non-hydrogen) atoms. The van der Waals surface area contributed by atoms with Crippen molar-refractivity contribution in [3.8, 4) is 5.75 Å². The topological polar surface area (TPSA) is 22.1 Å². The second-order valence-corrected chi connectivity index (χ2v) is 4.83. The van der Waals surface area contributed by atoms with E-state index in [9.17, 15) is 8.78 Å². The van der Waals surface area contributed by atoms with Gasteiger partial charge in [0.05, 0.1) is 11.6 Å². The van der Waals surface area contributed by atoms with Gasteiger partial charge in [-0.2, -0.15) is 0 Å². The van der Waals surface area contributed by atoms with Gasteiger partial charge in [0.15, 0.2) is 0 Å². The Labute approximate surface area is 112 Å². The highest BCUT2D eigenvalue weighted by molar-refractivity contribution is 7.09. The minimum atomic E-state index is -0.669. The average molecular weight is 290 g/mol. The summed E-state index contributed by atoms with van der Waals surface area (Å²) in [6.45, 7) is 1.76. The van der Waals surface area contributed by atoms with Crippen molar-refractivity contribution >= 4 is 22.9 Å². The zero-order valence-electron chi connectivity index (χ0n) is 9.49. The van der Waals surface area contributed by atoms with Gasteiger partial charge in [0, 0.05) is 23.6 Å². The van der Waals surface area contributed by atoms with E-state index in [0.29, 0.717) is 5.88 Å². The lowest BCUT2D eigenvalue weighted by molar-refractivity contribution is 0.224.